The number of hydrogen-bond acceptors (Lipinski definition) is 3. The summed E-state index contributed by atoms with van der Waals surface area (Å²) < 4.78 is 0. The quantitative estimate of drug-likeness (QED) is 0.658. The number of nitrogens with zero attached hydrogens (tertiary/aromatic N) is 1. The summed E-state index contributed by atoms with van der Waals surface area (Å²) in [5, 5.41) is 5.61. The van der Waals surface area contributed by atoms with Crippen molar-refractivity contribution < 1.29 is 14.4 Å². The third kappa shape index (κ3) is 7.68. The van der Waals surface area contributed by atoms with Crippen LogP contribution in [-0.2, 0) is 20.8 Å². The molecule has 26 heavy (non-hydrogen) atoms. The minimum absolute atomic E-state index is 0.0767. The third-order valence-electron chi connectivity index (χ3n) is 4.48. The van der Waals surface area contributed by atoms with E-state index in [1.165, 1.54) is 0 Å². The largest absolute Gasteiger partial charge is 0.356 e. The number of likely N-dealkylation sites (tertiary alicyclic amines) is 1. The van der Waals surface area contributed by atoms with Gasteiger partial charge in [0.05, 0.1) is 6.42 Å². The molecule has 0 aliphatic carbocycles. The molecule has 0 spiro atoms. The molecule has 1 saturated heterocycles. The number of nitrogens with one attached hydrogen (secondary N) is 2. The van der Waals surface area contributed by atoms with E-state index < -0.39 is 0 Å². The summed E-state index contributed by atoms with van der Waals surface area (Å²) in [4.78, 5) is 37.4. The van der Waals surface area contributed by atoms with Crippen LogP contribution in [0.15, 0.2) is 30.3 Å². The van der Waals surface area contributed by atoms with Gasteiger partial charge in [0, 0.05) is 39.0 Å². The van der Waals surface area contributed by atoms with Gasteiger partial charge in [-0.25, -0.2) is 0 Å². The van der Waals surface area contributed by atoms with E-state index in [9.17, 15) is 14.4 Å². The Morgan fingerprint density at radius 2 is 1.73 bits per heavy atom. The van der Waals surface area contributed by atoms with E-state index in [1.807, 2.05) is 35.2 Å². The predicted octanol–water partition coefficient (Wildman–Crippen LogP) is 1.64. The van der Waals surface area contributed by atoms with Gasteiger partial charge < -0.3 is 15.5 Å². The fourth-order valence-electron chi connectivity index (χ4n) is 3.02. The van der Waals surface area contributed by atoms with Crippen molar-refractivity contribution in [2.45, 2.75) is 44.9 Å². The lowest BCUT2D eigenvalue weighted by Gasteiger charge is -2.20. The highest BCUT2D eigenvalue weighted by Gasteiger charge is 2.15. The van der Waals surface area contributed by atoms with Crippen molar-refractivity contribution in [1.29, 1.82) is 0 Å². The van der Waals surface area contributed by atoms with E-state index in [0.29, 0.717) is 32.5 Å². The van der Waals surface area contributed by atoms with Gasteiger partial charge in [0.2, 0.25) is 17.7 Å². The Morgan fingerprint density at radius 1 is 0.962 bits per heavy atom. The van der Waals surface area contributed by atoms with Crippen LogP contribution < -0.4 is 10.6 Å². The Morgan fingerprint density at radius 3 is 2.54 bits per heavy atom. The van der Waals surface area contributed by atoms with Gasteiger partial charge in [-0.15, -0.1) is 0 Å². The first kappa shape index (κ1) is 19.9. The van der Waals surface area contributed by atoms with Crippen molar-refractivity contribution in [1.82, 2.24) is 15.5 Å². The van der Waals surface area contributed by atoms with E-state index in [-0.39, 0.29) is 24.1 Å². The molecular formula is C20H29N3O3. The molecule has 0 saturated carbocycles. The second-order valence-electron chi connectivity index (χ2n) is 6.66. The molecule has 0 atom stereocenters. The van der Waals surface area contributed by atoms with Crippen LogP contribution in [0.5, 0.6) is 0 Å². The normalized spacial score (nSPS) is 14.6. The Balaban J connectivity index is 1.52. The molecule has 6 heteroatoms. The van der Waals surface area contributed by atoms with Gasteiger partial charge >= 0.3 is 0 Å². The number of rotatable bonds is 9. The van der Waals surface area contributed by atoms with Crippen molar-refractivity contribution in [2.24, 2.45) is 0 Å². The average Bonchev–Trinajstić information content (AvgIpc) is 2.84. The zero-order chi connectivity index (χ0) is 18.6. The van der Waals surface area contributed by atoms with Gasteiger partial charge in [-0.3, -0.25) is 14.4 Å². The van der Waals surface area contributed by atoms with E-state index in [4.69, 9.17) is 0 Å². The molecule has 0 bridgehead atoms. The van der Waals surface area contributed by atoms with Gasteiger partial charge in [0.15, 0.2) is 0 Å². The Bertz CT molecular complexity index is 589. The summed E-state index contributed by atoms with van der Waals surface area (Å²) in [5.74, 6) is 0.0748. The molecule has 1 aliphatic heterocycles. The molecule has 1 aliphatic rings. The molecule has 3 amide bonds. The van der Waals surface area contributed by atoms with Crippen molar-refractivity contribution in [3.05, 3.63) is 35.9 Å². The topological polar surface area (TPSA) is 78.5 Å². The second kappa shape index (κ2) is 11.3. The molecule has 1 aromatic rings. The lowest BCUT2D eigenvalue weighted by Crippen LogP contribution is -2.35. The summed E-state index contributed by atoms with van der Waals surface area (Å²) in [7, 11) is 0. The zero-order valence-electron chi connectivity index (χ0n) is 15.3. The van der Waals surface area contributed by atoms with Gasteiger partial charge in [-0.05, 0) is 24.8 Å². The molecule has 1 aromatic carbocycles. The van der Waals surface area contributed by atoms with E-state index >= 15 is 0 Å². The molecule has 0 radical (unpaired) electrons. The first-order chi connectivity index (χ1) is 12.6. The van der Waals surface area contributed by atoms with Crippen LogP contribution in [0.4, 0.5) is 0 Å². The minimum Gasteiger partial charge on any atom is -0.356 e. The van der Waals surface area contributed by atoms with Crippen molar-refractivity contribution in [3.63, 3.8) is 0 Å². The van der Waals surface area contributed by atoms with E-state index in [1.54, 1.807) is 0 Å². The molecule has 0 aromatic heterocycles. The maximum Gasteiger partial charge on any atom is 0.224 e. The summed E-state index contributed by atoms with van der Waals surface area (Å²) in [5.41, 5.74) is 0.956. The van der Waals surface area contributed by atoms with Gasteiger partial charge in [-0.1, -0.05) is 36.8 Å². The summed E-state index contributed by atoms with van der Waals surface area (Å²) in [6, 6.07) is 9.52. The molecule has 6 nitrogen and oxygen atoms in total. The number of amides is 3. The lowest BCUT2D eigenvalue weighted by atomic mass is 10.1. The van der Waals surface area contributed by atoms with Crippen LogP contribution in [0.25, 0.3) is 0 Å². The van der Waals surface area contributed by atoms with E-state index in [0.717, 1.165) is 37.8 Å². The first-order valence-electron chi connectivity index (χ1n) is 9.50. The van der Waals surface area contributed by atoms with Gasteiger partial charge in [0.1, 0.15) is 0 Å². The number of hydrogen-bond donors (Lipinski definition) is 2. The zero-order valence-corrected chi connectivity index (χ0v) is 15.3. The fraction of sp³-hybridized carbons (Fsp3) is 0.550. The SMILES string of the molecule is O=C(CCNC(=O)Cc1ccccc1)NCCCN1CCCCCC1=O. The highest BCUT2D eigenvalue weighted by atomic mass is 16.2. The van der Waals surface area contributed by atoms with Crippen molar-refractivity contribution in [2.75, 3.05) is 26.2 Å². The van der Waals surface area contributed by atoms with Crippen LogP contribution in [0.2, 0.25) is 0 Å². The molecule has 1 fully saturated rings. The highest BCUT2D eigenvalue weighted by molar-refractivity contribution is 5.80. The van der Waals surface area contributed by atoms with Gasteiger partial charge in [-0.2, -0.15) is 0 Å². The molecule has 142 valence electrons. The first-order valence-corrected chi connectivity index (χ1v) is 9.50. The average molecular weight is 359 g/mol. The van der Waals surface area contributed by atoms with Crippen molar-refractivity contribution >= 4 is 17.7 Å². The molecule has 2 N–H and O–H groups in total. The Labute approximate surface area is 155 Å². The smallest absolute Gasteiger partial charge is 0.224 e. The minimum atomic E-state index is -0.0799. The maximum atomic E-state index is 11.9. The summed E-state index contributed by atoms with van der Waals surface area (Å²) >= 11 is 0. The van der Waals surface area contributed by atoms with Crippen LogP contribution in [0, 0.1) is 0 Å². The van der Waals surface area contributed by atoms with Crippen LogP contribution >= 0.6 is 0 Å². The number of carbonyl (C=O) groups is 3. The van der Waals surface area contributed by atoms with Crippen LogP contribution in [0.1, 0.15) is 44.1 Å². The lowest BCUT2D eigenvalue weighted by molar-refractivity contribution is -0.130. The van der Waals surface area contributed by atoms with Crippen LogP contribution in [0.3, 0.4) is 0 Å². The monoisotopic (exact) mass is 359 g/mol. The van der Waals surface area contributed by atoms with Crippen LogP contribution in [-0.4, -0.2) is 48.8 Å². The standard InChI is InChI=1S/C20H29N3O3/c24-18(11-13-22-19(25)16-17-8-3-1-4-9-17)21-12-7-15-23-14-6-2-5-10-20(23)26/h1,3-4,8-9H,2,5-7,10-16H2,(H,21,24)(H,22,25). The Hall–Kier alpha value is -2.37. The van der Waals surface area contributed by atoms with Gasteiger partial charge in [0.25, 0.3) is 0 Å². The predicted molar refractivity (Wildman–Crippen MR) is 100 cm³/mol. The molecule has 0 unspecified atom stereocenters. The maximum absolute atomic E-state index is 11.9. The van der Waals surface area contributed by atoms with Crippen molar-refractivity contribution in [3.8, 4) is 0 Å². The molecule has 1 heterocycles. The third-order valence-corrected chi connectivity index (χ3v) is 4.48. The second-order valence-corrected chi connectivity index (χ2v) is 6.66. The summed E-state index contributed by atoms with van der Waals surface area (Å²) in [6.45, 7) is 2.43. The fourth-order valence-corrected chi connectivity index (χ4v) is 3.02. The summed E-state index contributed by atoms with van der Waals surface area (Å²) in [6.07, 6.45) is 5.18. The number of carbonyl (C=O) groups excluding carboxylic acids is 3. The molecule has 2 rings (SSSR count). The van der Waals surface area contributed by atoms with E-state index in [2.05, 4.69) is 10.6 Å². The highest BCUT2D eigenvalue weighted by Crippen LogP contribution is 2.11. The molecular weight excluding hydrogens is 330 g/mol. The Kier molecular flexibility index (Phi) is 8.66. The number of benzene rings is 1.